The lowest BCUT2D eigenvalue weighted by Crippen LogP contribution is -2.26. The van der Waals surface area contributed by atoms with Gasteiger partial charge in [-0.15, -0.1) is 12.4 Å². The van der Waals surface area contributed by atoms with Gasteiger partial charge >= 0.3 is 0 Å². The van der Waals surface area contributed by atoms with Crippen molar-refractivity contribution in [2.75, 3.05) is 13.2 Å². The molecule has 8 heteroatoms. The van der Waals surface area contributed by atoms with Crippen molar-refractivity contribution in [1.29, 1.82) is 0 Å². The highest BCUT2D eigenvalue weighted by Gasteiger charge is 2.18. The molecule has 2 aromatic rings. The van der Waals surface area contributed by atoms with E-state index in [9.17, 15) is 12.8 Å². The number of rotatable bonds is 8. The Labute approximate surface area is 159 Å². The molecule has 0 amide bonds. The molecule has 1 atom stereocenters. The van der Waals surface area contributed by atoms with E-state index in [1.807, 2.05) is 30.3 Å². The van der Waals surface area contributed by atoms with E-state index < -0.39 is 15.9 Å². The van der Waals surface area contributed by atoms with Gasteiger partial charge in [0.15, 0.2) is 0 Å². The first-order valence-corrected chi connectivity index (χ1v) is 9.25. The molecule has 0 spiro atoms. The topological polar surface area (TPSA) is 81.4 Å². The third-order valence-corrected chi connectivity index (χ3v) is 5.04. The van der Waals surface area contributed by atoms with Crippen molar-refractivity contribution in [3.63, 3.8) is 0 Å². The van der Waals surface area contributed by atoms with Gasteiger partial charge in [0.05, 0.1) is 4.90 Å². The van der Waals surface area contributed by atoms with Crippen LogP contribution in [-0.4, -0.2) is 21.6 Å². The third kappa shape index (κ3) is 6.42. The molecule has 0 aliphatic rings. The number of sulfonamides is 1. The second-order valence-corrected chi connectivity index (χ2v) is 7.11. The van der Waals surface area contributed by atoms with E-state index in [2.05, 4.69) is 4.72 Å². The zero-order valence-corrected chi connectivity index (χ0v) is 15.9. The maximum absolute atomic E-state index is 13.2. The molecule has 1 unspecified atom stereocenters. The van der Waals surface area contributed by atoms with Crippen molar-refractivity contribution in [3.8, 4) is 5.75 Å². The Kier molecular flexibility index (Phi) is 8.74. The molecule has 26 heavy (non-hydrogen) atoms. The van der Waals surface area contributed by atoms with Crippen molar-refractivity contribution < 1.29 is 17.5 Å². The summed E-state index contributed by atoms with van der Waals surface area (Å²) in [6.45, 7) is 1.63. The molecule has 2 rings (SSSR count). The van der Waals surface area contributed by atoms with Gasteiger partial charge in [0.1, 0.15) is 18.2 Å². The van der Waals surface area contributed by atoms with Crippen LogP contribution in [0.2, 0.25) is 0 Å². The second-order valence-electron chi connectivity index (χ2n) is 5.40. The first-order chi connectivity index (χ1) is 11.9. The van der Waals surface area contributed by atoms with Gasteiger partial charge in [0.2, 0.25) is 10.0 Å². The van der Waals surface area contributed by atoms with Crippen molar-refractivity contribution in [1.82, 2.24) is 4.72 Å². The lowest BCUT2D eigenvalue weighted by atomic mass is 10.1. The van der Waals surface area contributed by atoms with Crippen LogP contribution in [0.15, 0.2) is 71.4 Å². The molecule has 0 radical (unpaired) electrons. The van der Waals surface area contributed by atoms with E-state index in [0.29, 0.717) is 5.75 Å². The zero-order valence-electron chi connectivity index (χ0n) is 14.3. The van der Waals surface area contributed by atoms with Gasteiger partial charge in [-0.1, -0.05) is 30.3 Å². The van der Waals surface area contributed by atoms with Crippen molar-refractivity contribution in [2.24, 2.45) is 5.73 Å². The largest absolute Gasteiger partial charge is 0.487 e. The normalized spacial score (nSPS) is 13.0. The smallest absolute Gasteiger partial charge is 0.241 e. The average molecular weight is 401 g/mol. The van der Waals surface area contributed by atoms with E-state index in [1.165, 1.54) is 30.3 Å². The highest BCUT2D eigenvalue weighted by atomic mass is 35.5. The van der Waals surface area contributed by atoms with E-state index in [1.54, 1.807) is 6.92 Å². The molecular weight excluding hydrogens is 379 g/mol. The molecule has 0 heterocycles. The molecule has 0 fully saturated rings. The van der Waals surface area contributed by atoms with Gasteiger partial charge in [-0.05, 0) is 42.8 Å². The minimum Gasteiger partial charge on any atom is -0.487 e. The Morgan fingerprint density at radius 3 is 2.38 bits per heavy atom. The molecule has 0 saturated heterocycles. The number of ether oxygens (including phenoxy) is 1. The van der Waals surface area contributed by atoms with Crippen molar-refractivity contribution in [2.45, 2.75) is 17.9 Å². The van der Waals surface area contributed by atoms with E-state index in [-0.39, 0.29) is 36.5 Å². The molecule has 0 saturated carbocycles. The Hall–Kier alpha value is -1.93. The highest BCUT2D eigenvalue weighted by molar-refractivity contribution is 7.89. The average Bonchev–Trinajstić information content (AvgIpc) is 2.61. The van der Waals surface area contributed by atoms with E-state index in [0.717, 1.165) is 5.56 Å². The first kappa shape index (κ1) is 22.1. The molecule has 0 aromatic heterocycles. The van der Waals surface area contributed by atoms with E-state index >= 15 is 0 Å². The maximum atomic E-state index is 13.2. The van der Waals surface area contributed by atoms with Crippen LogP contribution in [-0.2, 0) is 10.0 Å². The molecule has 3 N–H and O–H groups in total. The Balaban J connectivity index is 0.00000338. The summed E-state index contributed by atoms with van der Waals surface area (Å²) in [5.74, 6) is -0.104. The number of benzene rings is 2. The number of nitrogens with one attached hydrogen (secondary N) is 1. The van der Waals surface area contributed by atoms with Crippen LogP contribution in [0.25, 0.3) is 0 Å². The second kappa shape index (κ2) is 10.3. The summed E-state index contributed by atoms with van der Waals surface area (Å²) < 4.78 is 45.9. The molecular formula is C18H22ClFN2O3S. The molecule has 0 bridgehead atoms. The zero-order chi connectivity index (χ0) is 18.3. The van der Waals surface area contributed by atoms with E-state index in [4.69, 9.17) is 10.5 Å². The highest BCUT2D eigenvalue weighted by Crippen LogP contribution is 2.19. The summed E-state index contributed by atoms with van der Waals surface area (Å²) in [5.41, 5.74) is 6.07. The Bertz CT molecular complexity index is 812. The lowest BCUT2D eigenvalue weighted by Gasteiger charge is -2.15. The van der Waals surface area contributed by atoms with Crippen molar-refractivity contribution >= 4 is 22.4 Å². The first-order valence-electron chi connectivity index (χ1n) is 7.77. The third-order valence-electron chi connectivity index (χ3n) is 3.48. The van der Waals surface area contributed by atoms with Gasteiger partial charge in [-0.2, -0.15) is 0 Å². The monoisotopic (exact) mass is 400 g/mol. The summed E-state index contributed by atoms with van der Waals surface area (Å²) in [6.07, 6.45) is 1.22. The molecule has 0 aliphatic carbocycles. The summed E-state index contributed by atoms with van der Waals surface area (Å²) in [5, 5.41) is 0. The fraction of sp³-hybridized carbons (Fsp3) is 0.222. The van der Waals surface area contributed by atoms with Crippen LogP contribution in [0.4, 0.5) is 4.39 Å². The van der Waals surface area contributed by atoms with Gasteiger partial charge in [0, 0.05) is 12.6 Å². The fourth-order valence-electron chi connectivity index (χ4n) is 2.16. The number of hydrogen-bond acceptors (Lipinski definition) is 4. The SMILES string of the molecule is CC(NS(=O)(=O)c1ccc(OC/C(F)=C/CN)cc1)c1ccccc1.Cl. The minimum absolute atomic E-state index is 0. The molecule has 5 nitrogen and oxygen atoms in total. The predicted octanol–water partition coefficient (Wildman–Crippen LogP) is 3.34. The summed E-state index contributed by atoms with van der Waals surface area (Å²) in [4.78, 5) is 0.112. The number of halogens is 2. The summed E-state index contributed by atoms with van der Waals surface area (Å²) in [6, 6.07) is 14.7. The lowest BCUT2D eigenvalue weighted by molar-refractivity contribution is 0.318. The van der Waals surface area contributed by atoms with Crippen LogP contribution in [0.3, 0.4) is 0 Å². The molecule has 2 aromatic carbocycles. The van der Waals surface area contributed by atoms with Crippen molar-refractivity contribution in [3.05, 3.63) is 72.1 Å². The fourth-order valence-corrected chi connectivity index (χ4v) is 3.40. The van der Waals surface area contributed by atoms with Crippen LogP contribution in [0.5, 0.6) is 5.75 Å². The quantitative estimate of drug-likeness (QED) is 0.712. The predicted molar refractivity (Wildman–Crippen MR) is 103 cm³/mol. The molecule has 142 valence electrons. The Morgan fingerprint density at radius 1 is 1.19 bits per heavy atom. The number of nitrogens with two attached hydrogens (primary N) is 1. The van der Waals surface area contributed by atoms with Gasteiger partial charge in [-0.25, -0.2) is 17.5 Å². The number of hydrogen-bond donors (Lipinski definition) is 2. The van der Waals surface area contributed by atoms with Gasteiger partial charge in [0.25, 0.3) is 0 Å². The van der Waals surface area contributed by atoms with Gasteiger partial charge < -0.3 is 10.5 Å². The Morgan fingerprint density at radius 2 is 1.81 bits per heavy atom. The standard InChI is InChI=1S/C18H21FN2O3S.ClH/c1-14(15-5-3-2-4-6-15)21-25(22,23)18-9-7-17(8-10-18)24-13-16(19)11-12-20;/h2-11,14,21H,12-13,20H2,1H3;1H/b16-11-;. The van der Waals surface area contributed by atoms with Crippen LogP contribution >= 0.6 is 12.4 Å². The summed E-state index contributed by atoms with van der Waals surface area (Å²) >= 11 is 0. The maximum Gasteiger partial charge on any atom is 0.241 e. The minimum atomic E-state index is -3.67. The molecule has 0 aliphatic heterocycles. The van der Waals surface area contributed by atoms with Crippen LogP contribution in [0.1, 0.15) is 18.5 Å². The van der Waals surface area contributed by atoms with Crippen LogP contribution < -0.4 is 15.2 Å². The van der Waals surface area contributed by atoms with Gasteiger partial charge in [-0.3, -0.25) is 0 Å². The van der Waals surface area contributed by atoms with Crippen LogP contribution in [0, 0.1) is 0 Å². The summed E-state index contributed by atoms with van der Waals surface area (Å²) in [7, 11) is -3.67.